The van der Waals surface area contributed by atoms with Crippen LogP contribution >= 0.6 is 0 Å². The molecule has 2 aromatic rings. The molecule has 3 rings (SSSR count). The fraction of sp³-hybridized carbons (Fsp3) is 0.500. The fourth-order valence-electron chi connectivity index (χ4n) is 3.08. The Morgan fingerprint density at radius 3 is 2.84 bits per heavy atom. The largest absolute Gasteiger partial charge is 0.481 e. The van der Waals surface area contributed by atoms with Crippen LogP contribution < -0.4 is 0 Å². The molecule has 1 fully saturated rings. The summed E-state index contributed by atoms with van der Waals surface area (Å²) in [4.78, 5) is 20.2. The quantitative estimate of drug-likeness (QED) is 0.917. The highest BCUT2D eigenvalue weighted by atomic mass is 16.4. The third-order valence-corrected chi connectivity index (χ3v) is 4.29. The standard InChI is InChI=1S/C14H17N3O2/c1-17-11-4-7-15-9-10(11)16-12(17)8-14(13(18)19)5-2-3-6-14/h4,7,9H,2-3,5-6,8H2,1H3,(H,18,19). The van der Waals surface area contributed by atoms with E-state index in [1.54, 1.807) is 12.4 Å². The van der Waals surface area contributed by atoms with E-state index in [2.05, 4.69) is 9.97 Å². The van der Waals surface area contributed by atoms with Gasteiger partial charge in [-0.3, -0.25) is 9.78 Å². The van der Waals surface area contributed by atoms with Crippen molar-refractivity contribution < 1.29 is 9.90 Å². The summed E-state index contributed by atoms with van der Waals surface area (Å²) in [6.07, 6.45) is 7.47. The first-order valence-electron chi connectivity index (χ1n) is 6.61. The molecular formula is C14H17N3O2. The molecule has 0 aromatic carbocycles. The van der Waals surface area contributed by atoms with E-state index in [1.807, 2.05) is 17.7 Å². The number of hydrogen-bond donors (Lipinski definition) is 1. The van der Waals surface area contributed by atoms with Gasteiger partial charge in [-0.2, -0.15) is 0 Å². The van der Waals surface area contributed by atoms with Gasteiger partial charge in [0, 0.05) is 19.7 Å². The van der Waals surface area contributed by atoms with Gasteiger partial charge in [0.15, 0.2) is 0 Å². The van der Waals surface area contributed by atoms with Crippen LogP contribution in [0.5, 0.6) is 0 Å². The van der Waals surface area contributed by atoms with Crippen molar-refractivity contribution in [2.24, 2.45) is 12.5 Å². The van der Waals surface area contributed by atoms with Gasteiger partial charge in [0.05, 0.1) is 17.1 Å². The number of aromatic nitrogens is 3. The van der Waals surface area contributed by atoms with Gasteiger partial charge in [-0.1, -0.05) is 12.8 Å². The number of nitrogens with zero attached hydrogens (tertiary/aromatic N) is 3. The number of aliphatic carboxylic acids is 1. The zero-order valence-electron chi connectivity index (χ0n) is 11.0. The maximum absolute atomic E-state index is 11.6. The zero-order valence-corrected chi connectivity index (χ0v) is 11.0. The minimum Gasteiger partial charge on any atom is -0.481 e. The van der Waals surface area contributed by atoms with Gasteiger partial charge in [-0.05, 0) is 18.9 Å². The number of pyridine rings is 1. The van der Waals surface area contributed by atoms with Crippen LogP contribution in [0.4, 0.5) is 0 Å². The second kappa shape index (κ2) is 4.33. The van der Waals surface area contributed by atoms with Crippen LogP contribution in [0.15, 0.2) is 18.5 Å². The first-order valence-corrected chi connectivity index (χ1v) is 6.61. The molecule has 0 saturated heterocycles. The molecule has 100 valence electrons. The fourth-order valence-corrected chi connectivity index (χ4v) is 3.08. The van der Waals surface area contributed by atoms with Gasteiger partial charge in [0.1, 0.15) is 11.3 Å². The maximum Gasteiger partial charge on any atom is 0.310 e. The highest BCUT2D eigenvalue weighted by Gasteiger charge is 2.42. The summed E-state index contributed by atoms with van der Waals surface area (Å²) >= 11 is 0. The Bertz CT molecular complexity index is 627. The Balaban J connectivity index is 2.01. The molecule has 2 aromatic heterocycles. The molecule has 1 N–H and O–H groups in total. The smallest absolute Gasteiger partial charge is 0.310 e. The molecule has 0 amide bonds. The minimum absolute atomic E-state index is 0.507. The van der Waals surface area contributed by atoms with Gasteiger partial charge < -0.3 is 9.67 Å². The molecule has 1 aliphatic carbocycles. The van der Waals surface area contributed by atoms with Gasteiger partial charge in [0.25, 0.3) is 0 Å². The van der Waals surface area contributed by atoms with E-state index in [0.29, 0.717) is 6.42 Å². The Hall–Kier alpha value is -1.91. The number of imidazole rings is 1. The van der Waals surface area contributed by atoms with E-state index < -0.39 is 11.4 Å². The van der Waals surface area contributed by atoms with Crippen molar-refractivity contribution in [3.05, 3.63) is 24.3 Å². The Morgan fingerprint density at radius 2 is 2.21 bits per heavy atom. The van der Waals surface area contributed by atoms with Crippen molar-refractivity contribution >= 4 is 17.0 Å². The third-order valence-electron chi connectivity index (χ3n) is 4.29. The highest BCUT2D eigenvalue weighted by molar-refractivity contribution is 5.77. The van der Waals surface area contributed by atoms with Crippen molar-refractivity contribution in [1.82, 2.24) is 14.5 Å². The van der Waals surface area contributed by atoms with Gasteiger partial charge in [-0.15, -0.1) is 0 Å². The van der Waals surface area contributed by atoms with Crippen LogP contribution in [0.25, 0.3) is 11.0 Å². The van der Waals surface area contributed by atoms with Gasteiger partial charge in [-0.25, -0.2) is 4.98 Å². The molecule has 0 bridgehead atoms. The topological polar surface area (TPSA) is 68.0 Å². The number of hydrogen-bond acceptors (Lipinski definition) is 3. The van der Waals surface area contributed by atoms with Crippen molar-refractivity contribution in [3.8, 4) is 0 Å². The molecule has 19 heavy (non-hydrogen) atoms. The molecule has 5 heteroatoms. The molecule has 5 nitrogen and oxygen atoms in total. The lowest BCUT2D eigenvalue weighted by molar-refractivity contribution is -0.148. The van der Waals surface area contributed by atoms with E-state index >= 15 is 0 Å². The van der Waals surface area contributed by atoms with Gasteiger partial charge >= 0.3 is 5.97 Å². The number of carboxylic acid groups (broad SMARTS) is 1. The van der Waals surface area contributed by atoms with Crippen LogP contribution in [0.3, 0.4) is 0 Å². The molecule has 0 aliphatic heterocycles. The summed E-state index contributed by atoms with van der Waals surface area (Å²) in [5.41, 5.74) is 1.21. The van der Waals surface area contributed by atoms with E-state index in [1.165, 1.54) is 0 Å². The molecule has 0 spiro atoms. The highest BCUT2D eigenvalue weighted by Crippen LogP contribution is 2.41. The normalized spacial score (nSPS) is 17.9. The lowest BCUT2D eigenvalue weighted by atomic mass is 9.82. The van der Waals surface area contributed by atoms with Crippen LogP contribution in [0.1, 0.15) is 31.5 Å². The molecule has 1 saturated carbocycles. The Kier molecular flexibility index (Phi) is 2.77. The van der Waals surface area contributed by atoms with Crippen molar-refractivity contribution in [2.45, 2.75) is 32.1 Å². The molecule has 0 atom stereocenters. The number of fused-ring (bicyclic) bond motifs is 1. The second-order valence-electron chi connectivity index (χ2n) is 5.42. The predicted molar refractivity (Wildman–Crippen MR) is 70.7 cm³/mol. The molecule has 0 unspecified atom stereocenters. The SMILES string of the molecule is Cn1c(CC2(C(=O)O)CCCC2)nc2cnccc21. The summed E-state index contributed by atoms with van der Waals surface area (Å²) in [7, 11) is 1.94. The molecule has 2 heterocycles. The van der Waals surface area contributed by atoms with E-state index in [9.17, 15) is 9.90 Å². The van der Waals surface area contributed by atoms with E-state index in [-0.39, 0.29) is 0 Å². The minimum atomic E-state index is -0.685. The second-order valence-corrected chi connectivity index (χ2v) is 5.42. The average molecular weight is 259 g/mol. The number of rotatable bonds is 3. The first-order chi connectivity index (χ1) is 9.12. The summed E-state index contributed by atoms with van der Waals surface area (Å²) in [5, 5.41) is 9.54. The first kappa shape index (κ1) is 12.1. The van der Waals surface area contributed by atoms with Crippen LogP contribution in [-0.4, -0.2) is 25.6 Å². The van der Waals surface area contributed by atoms with Gasteiger partial charge in [0.2, 0.25) is 0 Å². The monoisotopic (exact) mass is 259 g/mol. The Labute approximate surface area is 111 Å². The average Bonchev–Trinajstić information content (AvgIpc) is 2.98. The predicted octanol–water partition coefficient (Wildman–Crippen LogP) is 2.16. The Morgan fingerprint density at radius 1 is 1.47 bits per heavy atom. The van der Waals surface area contributed by atoms with Crippen molar-refractivity contribution in [2.75, 3.05) is 0 Å². The van der Waals surface area contributed by atoms with Crippen molar-refractivity contribution in [1.29, 1.82) is 0 Å². The molecule has 0 radical (unpaired) electrons. The third kappa shape index (κ3) is 1.89. The number of carbonyl (C=O) groups is 1. The maximum atomic E-state index is 11.6. The lowest BCUT2D eigenvalue weighted by Crippen LogP contribution is -2.31. The van der Waals surface area contributed by atoms with E-state index in [0.717, 1.165) is 42.5 Å². The zero-order chi connectivity index (χ0) is 13.5. The summed E-state index contributed by atoms with van der Waals surface area (Å²) in [6.45, 7) is 0. The van der Waals surface area contributed by atoms with Crippen LogP contribution in [0, 0.1) is 5.41 Å². The van der Waals surface area contributed by atoms with Crippen LogP contribution in [0.2, 0.25) is 0 Å². The summed E-state index contributed by atoms with van der Waals surface area (Å²) in [6, 6.07) is 1.91. The summed E-state index contributed by atoms with van der Waals surface area (Å²) < 4.78 is 1.99. The molecular weight excluding hydrogens is 242 g/mol. The van der Waals surface area contributed by atoms with Crippen molar-refractivity contribution in [3.63, 3.8) is 0 Å². The van der Waals surface area contributed by atoms with Crippen LogP contribution in [-0.2, 0) is 18.3 Å². The lowest BCUT2D eigenvalue weighted by Gasteiger charge is -2.23. The number of carboxylic acids is 1. The summed E-state index contributed by atoms with van der Waals surface area (Å²) in [5.74, 6) is 0.155. The molecule has 1 aliphatic rings. The van der Waals surface area contributed by atoms with E-state index in [4.69, 9.17) is 0 Å². The number of aryl methyl sites for hydroxylation is 1.